The van der Waals surface area contributed by atoms with Gasteiger partial charge in [-0.05, 0) is 37.0 Å². The fourth-order valence-corrected chi connectivity index (χ4v) is 4.39. The monoisotopic (exact) mass is 389 g/mol. The molecule has 1 aromatic rings. The Kier molecular flexibility index (Phi) is 5.92. The number of guanidine groups is 1. The number of ether oxygens (including phenoxy) is 4. The molecule has 3 aliphatic rings. The van der Waals surface area contributed by atoms with E-state index >= 15 is 0 Å². The first-order chi connectivity index (χ1) is 13.7. The first-order valence-corrected chi connectivity index (χ1v) is 10.2. The topological polar surface area (TPSA) is 64.6 Å². The van der Waals surface area contributed by atoms with Crippen molar-refractivity contribution >= 4 is 5.96 Å². The van der Waals surface area contributed by atoms with Gasteiger partial charge in [-0.15, -0.1) is 0 Å². The molecule has 3 heterocycles. The quantitative estimate of drug-likeness (QED) is 0.614. The Balaban J connectivity index is 1.47. The van der Waals surface area contributed by atoms with Crippen molar-refractivity contribution in [2.24, 2.45) is 10.9 Å². The van der Waals surface area contributed by atoms with Gasteiger partial charge in [-0.2, -0.15) is 0 Å². The molecule has 0 aliphatic carbocycles. The molecule has 7 heteroatoms. The lowest BCUT2D eigenvalue weighted by Crippen LogP contribution is -2.49. The van der Waals surface area contributed by atoms with Gasteiger partial charge in [-0.1, -0.05) is 6.07 Å². The summed E-state index contributed by atoms with van der Waals surface area (Å²) in [6.07, 6.45) is 3.06. The third-order valence-electron chi connectivity index (χ3n) is 6.15. The van der Waals surface area contributed by atoms with Crippen LogP contribution in [0.25, 0.3) is 0 Å². The van der Waals surface area contributed by atoms with Gasteiger partial charge in [0.25, 0.3) is 0 Å². The summed E-state index contributed by atoms with van der Waals surface area (Å²) in [7, 11) is 3.95. The highest BCUT2D eigenvalue weighted by atomic mass is 16.7. The molecule has 0 aromatic heterocycles. The number of aliphatic imine (C=N–C) groups is 1. The summed E-state index contributed by atoms with van der Waals surface area (Å²) in [4.78, 5) is 6.73. The molecule has 1 unspecified atom stereocenters. The fraction of sp³-hybridized carbons (Fsp3) is 0.667. The molecule has 0 bridgehead atoms. The maximum atomic E-state index is 5.67. The van der Waals surface area contributed by atoms with Crippen molar-refractivity contribution in [3.8, 4) is 11.5 Å². The Morgan fingerprint density at radius 3 is 2.75 bits per heavy atom. The van der Waals surface area contributed by atoms with Gasteiger partial charge in [0.2, 0.25) is 6.79 Å². The SMILES string of the molecule is CN=C(NCC1(c2ccc3c(c2)OCO3)CCOCC1)N(C)CC1CCOC1. The van der Waals surface area contributed by atoms with E-state index in [1.165, 1.54) is 5.56 Å². The van der Waals surface area contributed by atoms with E-state index in [1.54, 1.807) is 0 Å². The first kappa shape index (κ1) is 19.3. The highest BCUT2D eigenvalue weighted by Crippen LogP contribution is 2.40. The predicted octanol–water partition coefficient (Wildman–Crippen LogP) is 2.01. The second-order valence-corrected chi connectivity index (χ2v) is 7.97. The molecule has 0 radical (unpaired) electrons. The van der Waals surface area contributed by atoms with E-state index in [-0.39, 0.29) is 5.41 Å². The summed E-state index contributed by atoms with van der Waals surface area (Å²) in [5, 5.41) is 3.63. The average Bonchev–Trinajstić information content (AvgIpc) is 3.40. The van der Waals surface area contributed by atoms with Crippen LogP contribution in [0.2, 0.25) is 0 Å². The van der Waals surface area contributed by atoms with Crippen LogP contribution in [-0.4, -0.2) is 71.3 Å². The molecule has 7 nitrogen and oxygen atoms in total. The van der Waals surface area contributed by atoms with Crippen LogP contribution in [-0.2, 0) is 14.9 Å². The van der Waals surface area contributed by atoms with E-state index in [0.717, 1.165) is 76.2 Å². The van der Waals surface area contributed by atoms with Crippen molar-refractivity contribution in [3.05, 3.63) is 23.8 Å². The highest BCUT2D eigenvalue weighted by molar-refractivity contribution is 5.79. The van der Waals surface area contributed by atoms with E-state index in [4.69, 9.17) is 18.9 Å². The van der Waals surface area contributed by atoms with Crippen LogP contribution in [0.1, 0.15) is 24.8 Å². The normalized spacial score (nSPS) is 23.6. The summed E-state index contributed by atoms with van der Waals surface area (Å²) in [5.41, 5.74) is 1.27. The Morgan fingerprint density at radius 1 is 1.18 bits per heavy atom. The Labute approximate surface area is 167 Å². The maximum absolute atomic E-state index is 5.67. The molecule has 0 saturated carbocycles. The van der Waals surface area contributed by atoms with Gasteiger partial charge in [0, 0.05) is 58.3 Å². The second kappa shape index (κ2) is 8.57. The number of hydrogen-bond donors (Lipinski definition) is 1. The van der Waals surface area contributed by atoms with Crippen molar-refractivity contribution in [2.45, 2.75) is 24.7 Å². The minimum Gasteiger partial charge on any atom is -0.454 e. The van der Waals surface area contributed by atoms with E-state index < -0.39 is 0 Å². The van der Waals surface area contributed by atoms with Crippen LogP contribution in [0, 0.1) is 5.92 Å². The fourth-order valence-electron chi connectivity index (χ4n) is 4.39. The van der Waals surface area contributed by atoms with Crippen LogP contribution < -0.4 is 14.8 Å². The zero-order chi connectivity index (χ0) is 19.4. The average molecular weight is 389 g/mol. The molecule has 1 N–H and O–H groups in total. The lowest BCUT2D eigenvalue weighted by atomic mass is 9.74. The van der Waals surface area contributed by atoms with Gasteiger partial charge in [0.05, 0.1) is 6.61 Å². The number of benzene rings is 1. The molecule has 28 heavy (non-hydrogen) atoms. The Hall–Kier alpha value is -1.99. The smallest absolute Gasteiger partial charge is 0.231 e. The summed E-state index contributed by atoms with van der Waals surface area (Å²) in [5.74, 6) is 3.17. The summed E-state index contributed by atoms with van der Waals surface area (Å²) in [6, 6.07) is 6.33. The van der Waals surface area contributed by atoms with Crippen molar-refractivity contribution in [3.63, 3.8) is 0 Å². The Bertz CT molecular complexity index is 697. The summed E-state index contributed by atoms with van der Waals surface area (Å²) < 4.78 is 22.3. The maximum Gasteiger partial charge on any atom is 0.231 e. The molecule has 2 saturated heterocycles. The molecular formula is C21H31N3O4. The molecule has 3 aliphatic heterocycles. The first-order valence-electron chi connectivity index (χ1n) is 10.2. The molecule has 154 valence electrons. The van der Waals surface area contributed by atoms with Crippen molar-refractivity contribution in [2.75, 3.05) is 60.4 Å². The molecular weight excluding hydrogens is 358 g/mol. The zero-order valence-corrected chi connectivity index (χ0v) is 16.9. The number of rotatable bonds is 5. The van der Waals surface area contributed by atoms with Crippen LogP contribution in [0.4, 0.5) is 0 Å². The lowest BCUT2D eigenvalue weighted by Gasteiger charge is -2.39. The van der Waals surface area contributed by atoms with E-state index in [2.05, 4.69) is 34.4 Å². The largest absolute Gasteiger partial charge is 0.454 e. The van der Waals surface area contributed by atoms with Gasteiger partial charge in [-0.25, -0.2) is 0 Å². The predicted molar refractivity (Wildman–Crippen MR) is 107 cm³/mol. The molecule has 1 atom stereocenters. The molecule has 0 amide bonds. The minimum absolute atomic E-state index is 0.00746. The minimum atomic E-state index is -0.00746. The number of hydrogen-bond acceptors (Lipinski definition) is 5. The van der Waals surface area contributed by atoms with Gasteiger partial charge in [0.15, 0.2) is 17.5 Å². The Morgan fingerprint density at radius 2 is 2.00 bits per heavy atom. The zero-order valence-electron chi connectivity index (χ0n) is 16.9. The van der Waals surface area contributed by atoms with Crippen LogP contribution in [0.5, 0.6) is 11.5 Å². The molecule has 1 aromatic carbocycles. The number of nitrogens with zero attached hydrogens (tertiary/aromatic N) is 2. The van der Waals surface area contributed by atoms with Crippen molar-refractivity contribution in [1.29, 1.82) is 0 Å². The van der Waals surface area contributed by atoms with Gasteiger partial charge in [0.1, 0.15) is 0 Å². The summed E-state index contributed by atoms with van der Waals surface area (Å²) >= 11 is 0. The molecule has 0 spiro atoms. The summed E-state index contributed by atoms with van der Waals surface area (Å²) in [6.45, 7) is 5.33. The van der Waals surface area contributed by atoms with Gasteiger partial charge < -0.3 is 29.2 Å². The highest BCUT2D eigenvalue weighted by Gasteiger charge is 2.36. The number of fused-ring (bicyclic) bond motifs is 1. The van der Waals surface area contributed by atoms with Crippen LogP contribution in [0.15, 0.2) is 23.2 Å². The van der Waals surface area contributed by atoms with E-state index in [1.807, 2.05) is 13.1 Å². The van der Waals surface area contributed by atoms with Gasteiger partial charge in [-0.3, -0.25) is 4.99 Å². The third kappa shape index (κ3) is 4.05. The van der Waals surface area contributed by atoms with Crippen LogP contribution >= 0.6 is 0 Å². The van der Waals surface area contributed by atoms with E-state index in [9.17, 15) is 0 Å². The van der Waals surface area contributed by atoms with Crippen molar-refractivity contribution < 1.29 is 18.9 Å². The van der Waals surface area contributed by atoms with Crippen molar-refractivity contribution in [1.82, 2.24) is 10.2 Å². The van der Waals surface area contributed by atoms with Crippen LogP contribution in [0.3, 0.4) is 0 Å². The standard InChI is InChI=1S/C21H31N3O4/c1-22-20(24(2)12-16-5-8-26-13-16)23-14-21(6-9-25-10-7-21)17-3-4-18-19(11-17)28-15-27-18/h3-4,11,16H,5-10,12-15H2,1-2H3,(H,22,23). The third-order valence-corrected chi connectivity index (χ3v) is 6.15. The molecule has 4 rings (SSSR count). The lowest BCUT2D eigenvalue weighted by molar-refractivity contribution is 0.0511. The second-order valence-electron chi connectivity index (χ2n) is 7.97. The van der Waals surface area contributed by atoms with E-state index in [0.29, 0.717) is 12.7 Å². The number of nitrogens with one attached hydrogen (secondary N) is 1. The van der Waals surface area contributed by atoms with Gasteiger partial charge >= 0.3 is 0 Å². The molecule has 2 fully saturated rings.